The molecule has 0 bridgehead atoms. The van der Waals surface area contributed by atoms with Crippen LogP contribution in [0.2, 0.25) is 0 Å². The van der Waals surface area contributed by atoms with Crippen LogP contribution >= 0.6 is 0 Å². The molecule has 3 N–H and O–H groups in total. The molecule has 0 saturated heterocycles. The van der Waals surface area contributed by atoms with Crippen LogP contribution in [0.5, 0.6) is 0 Å². The molecule has 1 amide bonds. The zero-order valence-electron chi connectivity index (χ0n) is 11.4. The normalized spacial score (nSPS) is 11.2. The van der Waals surface area contributed by atoms with Gasteiger partial charge in [-0.2, -0.15) is 0 Å². The van der Waals surface area contributed by atoms with Gasteiger partial charge in [0.15, 0.2) is 4.90 Å². The lowest BCUT2D eigenvalue weighted by molar-refractivity contribution is 0.100. The summed E-state index contributed by atoms with van der Waals surface area (Å²) in [5, 5.41) is 0. The van der Waals surface area contributed by atoms with Crippen LogP contribution in [0.3, 0.4) is 0 Å². The van der Waals surface area contributed by atoms with E-state index in [1.54, 1.807) is 0 Å². The number of hydrogen-bond acceptors (Lipinski definition) is 3. The molecule has 2 aromatic rings. The van der Waals surface area contributed by atoms with E-state index in [-0.39, 0.29) is 11.3 Å². The summed E-state index contributed by atoms with van der Waals surface area (Å²) in [6, 6.07) is 7.05. The van der Waals surface area contributed by atoms with E-state index in [1.807, 2.05) is 4.72 Å². The first-order valence-corrected chi connectivity index (χ1v) is 7.58. The Morgan fingerprint density at radius 1 is 1.09 bits per heavy atom. The number of carbonyl (C=O) groups excluding carboxylic acids is 1. The fourth-order valence-corrected chi connectivity index (χ4v) is 3.22. The van der Waals surface area contributed by atoms with Crippen LogP contribution in [0.1, 0.15) is 15.9 Å². The fraction of sp³-hybridized carbons (Fsp3) is 0.0714. The minimum absolute atomic E-state index is 0.0969. The van der Waals surface area contributed by atoms with E-state index >= 15 is 0 Å². The monoisotopic (exact) mass is 326 g/mol. The summed E-state index contributed by atoms with van der Waals surface area (Å²) in [6.07, 6.45) is 0. The molecule has 8 heteroatoms. The fourth-order valence-electron chi connectivity index (χ4n) is 1.93. The highest BCUT2D eigenvalue weighted by Crippen LogP contribution is 2.26. The van der Waals surface area contributed by atoms with Gasteiger partial charge in [0, 0.05) is 0 Å². The molecule has 0 spiro atoms. The first-order valence-electron chi connectivity index (χ1n) is 6.10. The Kier molecular flexibility index (Phi) is 4.14. The van der Waals surface area contributed by atoms with Gasteiger partial charge < -0.3 is 5.73 Å². The smallest absolute Gasteiger partial charge is 0.267 e. The van der Waals surface area contributed by atoms with Gasteiger partial charge in [-0.3, -0.25) is 9.52 Å². The lowest BCUT2D eigenvalue weighted by Gasteiger charge is -2.14. The van der Waals surface area contributed by atoms with Crippen molar-refractivity contribution in [1.82, 2.24) is 0 Å². The number of aryl methyl sites for hydroxylation is 1. The van der Waals surface area contributed by atoms with Crippen LogP contribution in [-0.2, 0) is 10.0 Å². The molecular weight excluding hydrogens is 314 g/mol. The van der Waals surface area contributed by atoms with Crippen LogP contribution in [0, 0.1) is 18.6 Å². The van der Waals surface area contributed by atoms with Crippen molar-refractivity contribution < 1.29 is 22.0 Å². The molecule has 5 nitrogen and oxygen atoms in total. The minimum Gasteiger partial charge on any atom is -0.366 e. The summed E-state index contributed by atoms with van der Waals surface area (Å²) in [7, 11) is -4.56. The highest BCUT2D eigenvalue weighted by Gasteiger charge is 2.26. The van der Waals surface area contributed by atoms with Gasteiger partial charge in [-0.1, -0.05) is 18.2 Å². The predicted octanol–water partition coefficient (Wildman–Crippen LogP) is 2.17. The number of anilines is 1. The number of halogens is 2. The summed E-state index contributed by atoms with van der Waals surface area (Å²) in [6.45, 7) is 1.53. The molecule has 22 heavy (non-hydrogen) atoms. The van der Waals surface area contributed by atoms with Crippen molar-refractivity contribution >= 4 is 21.6 Å². The first kappa shape index (κ1) is 15.9. The van der Waals surface area contributed by atoms with E-state index in [4.69, 9.17) is 5.73 Å². The number of carbonyl (C=O) groups is 1. The second-order valence-electron chi connectivity index (χ2n) is 4.52. The van der Waals surface area contributed by atoms with Crippen LogP contribution in [0.15, 0.2) is 41.3 Å². The number of hydrogen-bond donors (Lipinski definition) is 2. The van der Waals surface area contributed by atoms with Crippen molar-refractivity contribution in [2.75, 3.05) is 4.72 Å². The molecule has 0 fully saturated rings. The van der Waals surface area contributed by atoms with Gasteiger partial charge >= 0.3 is 0 Å². The molecule has 0 unspecified atom stereocenters. The van der Waals surface area contributed by atoms with Gasteiger partial charge in [0.05, 0.1) is 11.3 Å². The third kappa shape index (κ3) is 2.91. The lowest BCUT2D eigenvalue weighted by atomic mass is 10.1. The summed E-state index contributed by atoms with van der Waals surface area (Å²) in [4.78, 5) is 10.3. The largest absolute Gasteiger partial charge is 0.366 e. The van der Waals surface area contributed by atoms with Gasteiger partial charge in [-0.05, 0) is 30.7 Å². The number of rotatable bonds is 4. The summed E-state index contributed by atoms with van der Waals surface area (Å²) in [5.74, 6) is -3.33. The van der Waals surface area contributed by atoms with Gasteiger partial charge in [-0.15, -0.1) is 0 Å². The molecule has 0 aliphatic heterocycles. The van der Waals surface area contributed by atoms with E-state index in [9.17, 15) is 22.0 Å². The second kappa shape index (κ2) is 5.72. The molecule has 0 radical (unpaired) electrons. The first-order chi connectivity index (χ1) is 10.2. The number of primary amides is 1. The lowest BCUT2D eigenvalue weighted by Crippen LogP contribution is -2.21. The number of para-hydroxylation sites is 1. The molecule has 0 aliphatic rings. The van der Waals surface area contributed by atoms with Crippen LogP contribution in [0.4, 0.5) is 14.5 Å². The predicted molar refractivity (Wildman–Crippen MR) is 76.9 cm³/mol. The number of nitrogens with two attached hydrogens (primary N) is 1. The third-order valence-electron chi connectivity index (χ3n) is 2.96. The zero-order valence-corrected chi connectivity index (χ0v) is 12.2. The Morgan fingerprint density at radius 2 is 1.64 bits per heavy atom. The Balaban J connectivity index is 2.58. The quantitative estimate of drug-likeness (QED) is 0.902. The zero-order chi connectivity index (χ0) is 16.5. The van der Waals surface area contributed by atoms with Crippen LogP contribution in [-0.4, -0.2) is 14.3 Å². The maximum absolute atomic E-state index is 13.7. The third-order valence-corrected chi connectivity index (χ3v) is 4.36. The van der Waals surface area contributed by atoms with Gasteiger partial charge in [0.25, 0.3) is 15.9 Å². The van der Waals surface area contributed by atoms with Crippen molar-refractivity contribution in [2.45, 2.75) is 11.8 Å². The van der Waals surface area contributed by atoms with Crippen molar-refractivity contribution in [1.29, 1.82) is 0 Å². The Morgan fingerprint density at radius 3 is 2.18 bits per heavy atom. The van der Waals surface area contributed by atoms with Crippen molar-refractivity contribution in [3.8, 4) is 0 Å². The molecule has 0 heterocycles. The number of amides is 1. The van der Waals surface area contributed by atoms with Crippen LogP contribution in [0.25, 0.3) is 0 Å². The number of benzene rings is 2. The molecule has 2 rings (SSSR count). The Labute approximate surface area is 125 Å². The number of nitrogens with one attached hydrogen (secondary N) is 1. The highest BCUT2D eigenvalue weighted by molar-refractivity contribution is 7.92. The van der Waals surface area contributed by atoms with Crippen molar-refractivity contribution in [3.05, 3.63) is 59.2 Å². The van der Waals surface area contributed by atoms with Gasteiger partial charge in [-0.25, -0.2) is 17.2 Å². The maximum atomic E-state index is 13.7. The molecule has 0 aliphatic carbocycles. The van der Waals surface area contributed by atoms with Gasteiger partial charge in [0.1, 0.15) is 11.6 Å². The Hall–Kier alpha value is -2.48. The highest BCUT2D eigenvalue weighted by atomic mass is 32.2. The summed E-state index contributed by atoms with van der Waals surface area (Å²) >= 11 is 0. The van der Waals surface area contributed by atoms with Crippen molar-refractivity contribution in [2.24, 2.45) is 5.73 Å². The van der Waals surface area contributed by atoms with Crippen LogP contribution < -0.4 is 10.5 Å². The average Bonchev–Trinajstić information content (AvgIpc) is 2.40. The average molecular weight is 326 g/mol. The second-order valence-corrected chi connectivity index (χ2v) is 6.14. The topological polar surface area (TPSA) is 89.3 Å². The Bertz CT molecular complexity index is 831. The molecule has 116 valence electrons. The SMILES string of the molecule is Cc1cccc(C(N)=O)c1NS(=O)(=O)c1c(F)cccc1F. The van der Waals surface area contributed by atoms with Gasteiger partial charge in [0.2, 0.25) is 0 Å². The van der Waals surface area contributed by atoms with E-state index in [2.05, 4.69) is 0 Å². The molecular formula is C14H12F2N2O3S. The molecule has 0 saturated carbocycles. The van der Waals surface area contributed by atoms with E-state index in [0.717, 1.165) is 18.2 Å². The van der Waals surface area contributed by atoms with E-state index < -0.39 is 32.5 Å². The van der Waals surface area contributed by atoms with E-state index in [1.165, 1.54) is 25.1 Å². The molecule has 0 aromatic heterocycles. The standard InChI is InChI=1S/C14H12F2N2O3S/c1-8-4-2-5-9(14(17)19)12(8)18-22(20,21)13-10(15)6-3-7-11(13)16/h2-7,18H,1H3,(H2,17,19). The van der Waals surface area contributed by atoms with Crippen molar-refractivity contribution in [3.63, 3.8) is 0 Å². The molecule has 0 atom stereocenters. The van der Waals surface area contributed by atoms with E-state index in [0.29, 0.717) is 5.56 Å². The molecule has 2 aromatic carbocycles. The minimum atomic E-state index is -4.56. The summed E-state index contributed by atoms with van der Waals surface area (Å²) < 4.78 is 53.8. The summed E-state index contributed by atoms with van der Waals surface area (Å²) in [5.41, 5.74) is 5.35. The maximum Gasteiger partial charge on any atom is 0.267 e. The number of sulfonamides is 1.